The van der Waals surface area contributed by atoms with Crippen LogP contribution >= 0.6 is 0 Å². The average molecular weight is 337 g/mol. The van der Waals surface area contributed by atoms with Crippen LogP contribution in [0.2, 0.25) is 0 Å². The number of carbonyl (C=O) groups excluding carboxylic acids is 3. The van der Waals surface area contributed by atoms with Crippen molar-refractivity contribution < 1.29 is 14.4 Å². The molecule has 3 rings (SSSR count). The lowest BCUT2D eigenvalue weighted by Gasteiger charge is -2.18. The lowest BCUT2D eigenvalue weighted by molar-refractivity contribution is -0.121. The maximum absolute atomic E-state index is 12.6. The highest BCUT2D eigenvalue weighted by Crippen LogP contribution is 2.26. The molecule has 2 N–H and O–H groups in total. The first kappa shape index (κ1) is 16.9. The second kappa shape index (κ2) is 6.86. The zero-order valence-corrected chi connectivity index (χ0v) is 14.1. The monoisotopic (exact) mass is 337 g/mol. The molecule has 0 unspecified atom stereocenters. The van der Waals surface area contributed by atoms with Crippen molar-refractivity contribution in [2.24, 2.45) is 0 Å². The molecular formula is C19H19N3O3. The molecular weight excluding hydrogens is 318 g/mol. The first-order valence-electron chi connectivity index (χ1n) is 8.02. The fraction of sp³-hybridized carbons (Fsp3) is 0.211. The summed E-state index contributed by atoms with van der Waals surface area (Å²) >= 11 is 0. The Hall–Kier alpha value is -2.99. The van der Waals surface area contributed by atoms with Crippen molar-refractivity contribution in [3.8, 4) is 0 Å². The third kappa shape index (κ3) is 3.44. The number of hydrazine groups is 1. The van der Waals surface area contributed by atoms with E-state index in [0.717, 1.165) is 11.1 Å². The molecule has 0 radical (unpaired) electrons. The normalized spacial score (nSPS) is 17.0. The Balaban J connectivity index is 1.70. The van der Waals surface area contributed by atoms with Crippen molar-refractivity contribution in [1.82, 2.24) is 10.9 Å². The Morgan fingerprint density at radius 3 is 2.48 bits per heavy atom. The largest absolute Gasteiger partial charge is 0.287 e. The van der Waals surface area contributed by atoms with E-state index in [-0.39, 0.29) is 24.1 Å². The topological polar surface area (TPSA) is 78.5 Å². The van der Waals surface area contributed by atoms with Crippen LogP contribution in [0, 0.1) is 13.8 Å². The number of benzene rings is 2. The molecule has 0 aliphatic carbocycles. The van der Waals surface area contributed by atoms with Gasteiger partial charge in [-0.2, -0.15) is 0 Å². The van der Waals surface area contributed by atoms with Gasteiger partial charge in [0.05, 0.1) is 12.1 Å². The molecule has 3 amide bonds. The Kier molecular flexibility index (Phi) is 4.63. The first-order chi connectivity index (χ1) is 12.0. The maximum Gasteiger partial charge on any atom is 0.265 e. The molecule has 25 heavy (non-hydrogen) atoms. The summed E-state index contributed by atoms with van der Waals surface area (Å²) < 4.78 is 0. The standard InChI is InChI=1S/C19H19N3O3/c1-12-8-9-16(13(2)10-12)22-17(23)11-15(19(22)25)20-21-18(24)14-6-4-3-5-7-14/h3-10,15,20H,11H2,1-2H3,(H,21,24)/t15-/m0/s1. The molecule has 0 bridgehead atoms. The fourth-order valence-electron chi connectivity index (χ4n) is 2.87. The summed E-state index contributed by atoms with van der Waals surface area (Å²) in [6, 6.07) is 13.4. The van der Waals surface area contributed by atoms with Crippen LogP contribution in [0.4, 0.5) is 5.69 Å². The van der Waals surface area contributed by atoms with Gasteiger partial charge in [0.15, 0.2) is 0 Å². The summed E-state index contributed by atoms with van der Waals surface area (Å²) in [7, 11) is 0. The lowest BCUT2D eigenvalue weighted by Crippen LogP contribution is -2.48. The van der Waals surface area contributed by atoms with Crippen molar-refractivity contribution in [2.75, 3.05) is 4.90 Å². The van der Waals surface area contributed by atoms with Gasteiger partial charge in [0.1, 0.15) is 6.04 Å². The predicted molar refractivity (Wildman–Crippen MR) is 93.9 cm³/mol. The molecule has 1 fully saturated rings. The van der Waals surface area contributed by atoms with Crippen LogP contribution in [-0.2, 0) is 9.59 Å². The van der Waals surface area contributed by atoms with E-state index in [9.17, 15) is 14.4 Å². The predicted octanol–water partition coefficient (Wildman–Crippen LogP) is 1.87. The van der Waals surface area contributed by atoms with Gasteiger partial charge >= 0.3 is 0 Å². The highest BCUT2D eigenvalue weighted by atomic mass is 16.2. The van der Waals surface area contributed by atoms with Gasteiger partial charge in [0.25, 0.3) is 11.8 Å². The third-order valence-corrected chi connectivity index (χ3v) is 4.14. The zero-order chi connectivity index (χ0) is 18.0. The van der Waals surface area contributed by atoms with Gasteiger partial charge in [0.2, 0.25) is 5.91 Å². The fourth-order valence-corrected chi connectivity index (χ4v) is 2.87. The third-order valence-electron chi connectivity index (χ3n) is 4.14. The van der Waals surface area contributed by atoms with Crippen molar-refractivity contribution >= 4 is 23.4 Å². The molecule has 2 aromatic carbocycles. The van der Waals surface area contributed by atoms with E-state index in [4.69, 9.17) is 0 Å². The van der Waals surface area contributed by atoms with Gasteiger partial charge in [-0.05, 0) is 37.6 Å². The molecule has 1 heterocycles. The molecule has 2 aromatic rings. The Bertz CT molecular complexity index is 833. The van der Waals surface area contributed by atoms with Crippen molar-refractivity contribution in [3.05, 3.63) is 65.2 Å². The molecule has 0 saturated carbocycles. The SMILES string of the molecule is Cc1ccc(N2C(=O)C[C@H](NNC(=O)c3ccccc3)C2=O)c(C)c1. The Labute approximate surface area is 145 Å². The number of aryl methyl sites for hydroxylation is 2. The van der Waals surface area contributed by atoms with Gasteiger partial charge in [-0.15, -0.1) is 0 Å². The van der Waals surface area contributed by atoms with Crippen LogP contribution in [-0.4, -0.2) is 23.8 Å². The van der Waals surface area contributed by atoms with Crippen molar-refractivity contribution in [1.29, 1.82) is 0 Å². The molecule has 128 valence electrons. The first-order valence-corrected chi connectivity index (χ1v) is 8.02. The van der Waals surface area contributed by atoms with Gasteiger partial charge in [-0.1, -0.05) is 35.9 Å². The van der Waals surface area contributed by atoms with E-state index in [1.807, 2.05) is 32.0 Å². The minimum atomic E-state index is -0.777. The number of nitrogens with one attached hydrogen (secondary N) is 2. The molecule has 6 heteroatoms. The number of rotatable bonds is 4. The lowest BCUT2D eigenvalue weighted by atomic mass is 10.1. The number of carbonyl (C=O) groups is 3. The molecule has 1 atom stereocenters. The van der Waals surface area contributed by atoms with Gasteiger partial charge < -0.3 is 0 Å². The average Bonchev–Trinajstić information content (AvgIpc) is 2.88. The van der Waals surface area contributed by atoms with Gasteiger partial charge in [0, 0.05) is 5.56 Å². The van der Waals surface area contributed by atoms with Gasteiger partial charge in [-0.25, -0.2) is 10.3 Å². The van der Waals surface area contributed by atoms with Crippen molar-refractivity contribution in [3.63, 3.8) is 0 Å². The summed E-state index contributed by atoms with van der Waals surface area (Å²) in [5.41, 5.74) is 8.15. The molecule has 1 saturated heterocycles. The summed E-state index contributed by atoms with van der Waals surface area (Å²) in [5, 5.41) is 0. The number of anilines is 1. The molecule has 1 aliphatic heterocycles. The van der Waals surface area contributed by atoms with Crippen LogP contribution in [0.3, 0.4) is 0 Å². The van der Waals surface area contributed by atoms with Crippen LogP contribution in [0.15, 0.2) is 48.5 Å². The Morgan fingerprint density at radius 1 is 1.08 bits per heavy atom. The van der Waals surface area contributed by atoms with E-state index >= 15 is 0 Å². The van der Waals surface area contributed by atoms with Crippen LogP contribution < -0.4 is 15.8 Å². The summed E-state index contributed by atoms with van der Waals surface area (Å²) in [4.78, 5) is 38.1. The van der Waals surface area contributed by atoms with E-state index in [2.05, 4.69) is 10.9 Å². The smallest absolute Gasteiger partial charge is 0.265 e. The number of amides is 3. The second-order valence-electron chi connectivity index (χ2n) is 6.08. The molecule has 0 spiro atoms. The minimum absolute atomic E-state index is 0.00121. The number of hydrogen-bond acceptors (Lipinski definition) is 4. The van der Waals surface area contributed by atoms with Crippen molar-refractivity contribution in [2.45, 2.75) is 26.3 Å². The molecule has 0 aromatic heterocycles. The highest BCUT2D eigenvalue weighted by molar-refractivity contribution is 6.22. The zero-order valence-electron chi connectivity index (χ0n) is 14.1. The summed E-state index contributed by atoms with van der Waals surface area (Å²) in [6.07, 6.45) is 0.00121. The number of nitrogens with zero attached hydrogens (tertiary/aromatic N) is 1. The van der Waals surface area contributed by atoms with Gasteiger partial charge in [-0.3, -0.25) is 19.8 Å². The highest BCUT2D eigenvalue weighted by Gasteiger charge is 2.40. The number of imide groups is 1. The van der Waals surface area contributed by atoms with Crippen LogP contribution in [0.1, 0.15) is 27.9 Å². The van der Waals surface area contributed by atoms with E-state index in [0.29, 0.717) is 11.3 Å². The Morgan fingerprint density at radius 2 is 1.80 bits per heavy atom. The maximum atomic E-state index is 12.6. The van der Waals surface area contributed by atoms with Crippen LogP contribution in [0.5, 0.6) is 0 Å². The summed E-state index contributed by atoms with van der Waals surface area (Å²) in [6.45, 7) is 3.81. The molecule has 1 aliphatic rings. The number of hydrogen-bond donors (Lipinski definition) is 2. The van der Waals surface area contributed by atoms with Crippen LogP contribution in [0.25, 0.3) is 0 Å². The summed E-state index contributed by atoms with van der Waals surface area (Å²) in [5.74, 6) is -1.01. The van der Waals surface area contributed by atoms with E-state index in [1.54, 1.807) is 30.3 Å². The van der Waals surface area contributed by atoms with E-state index in [1.165, 1.54) is 4.90 Å². The molecule has 6 nitrogen and oxygen atoms in total. The van der Waals surface area contributed by atoms with E-state index < -0.39 is 6.04 Å². The minimum Gasteiger partial charge on any atom is -0.287 e. The quantitative estimate of drug-likeness (QED) is 0.659. The second-order valence-corrected chi connectivity index (χ2v) is 6.08.